The zero-order valence-corrected chi connectivity index (χ0v) is 37.3. The standard InChI is InChI=1S/C46H88NO8P/c1-3-5-7-9-11-13-15-17-19-20-21-22-23-25-26-28-30-32-34-36-38-45(48)52-42-44(43-54-56(50,51)53-41-40-47)55-46(49)39-37-35-33-31-29-27-24-18-16-14-12-10-8-6-4-2/h14,16,18,24,44H,3-13,15,17,19-23,25-43,47H2,1-2H3,(H,50,51)/b16-14+,24-18+/t44-/m1/s1. The van der Waals surface area contributed by atoms with Crippen molar-refractivity contribution in [2.45, 2.75) is 232 Å². The van der Waals surface area contributed by atoms with Crippen LogP contribution in [0.4, 0.5) is 0 Å². The van der Waals surface area contributed by atoms with Crippen LogP contribution in [0.2, 0.25) is 0 Å². The number of unbranched alkanes of at least 4 members (excludes halogenated alkanes) is 28. The zero-order chi connectivity index (χ0) is 41.1. The van der Waals surface area contributed by atoms with Gasteiger partial charge in [0.25, 0.3) is 0 Å². The molecule has 0 bridgehead atoms. The Morgan fingerprint density at radius 3 is 1.34 bits per heavy atom. The van der Waals surface area contributed by atoms with Crippen LogP contribution in [0.5, 0.6) is 0 Å². The third-order valence-corrected chi connectivity index (χ3v) is 11.1. The van der Waals surface area contributed by atoms with E-state index in [4.69, 9.17) is 24.3 Å². The third-order valence-electron chi connectivity index (χ3n) is 10.1. The maximum atomic E-state index is 12.6. The number of hydrogen-bond donors (Lipinski definition) is 2. The van der Waals surface area contributed by atoms with Crippen molar-refractivity contribution in [3.63, 3.8) is 0 Å². The van der Waals surface area contributed by atoms with Crippen LogP contribution in [0.25, 0.3) is 0 Å². The normalized spacial score (nSPS) is 13.4. The number of carbonyl (C=O) groups is 2. The molecule has 0 amide bonds. The average Bonchev–Trinajstić information content (AvgIpc) is 3.18. The highest BCUT2D eigenvalue weighted by Gasteiger charge is 2.26. The lowest BCUT2D eigenvalue weighted by atomic mass is 10.0. The van der Waals surface area contributed by atoms with Crippen molar-refractivity contribution in [1.82, 2.24) is 0 Å². The zero-order valence-electron chi connectivity index (χ0n) is 36.4. The molecule has 56 heavy (non-hydrogen) atoms. The predicted molar refractivity (Wildman–Crippen MR) is 234 cm³/mol. The Balaban J connectivity index is 4.07. The summed E-state index contributed by atoms with van der Waals surface area (Å²) in [4.78, 5) is 34.9. The summed E-state index contributed by atoms with van der Waals surface area (Å²) in [5.74, 6) is -0.836. The van der Waals surface area contributed by atoms with Gasteiger partial charge in [0, 0.05) is 19.4 Å². The molecule has 0 spiro atoms. The van der Waals surface area contributed by atoms with Gasteiger partial charge in [0.05, 0.1) is 13.2 Å². The quantitative estimate of drug-likeness (QED) is 0.0267. The van der Waals surface area contributed by atoms with E-state index in [0.717, 1.165) is 57.8 Å². The molecule has 0 aliphatic carbocycles. The lowest BCUT2D eigenvalue weighted by molar-refractivity contribution is -0.161. The minimum absolute atomic E-state index is 0.0523. The number of allylic oxidation sites excluding steroid dienone is 4. The van der Waals surface area contributed by atoms with Gasteiger partial charge in [-0.1, -0.05) is 199 Å². The van der Waals surface area contributed by atoms with Crippen LogP contribution in [-0.4, -0.2) is 49.3 Å². The lowest BCUT2D eigenvalue weighted by Gasteiger charge is -2.19. The van der Waals surface area contributed by atoms with Crippen molar-refractivity contribution in [1.29, 1.82) is 0 Å². The second-order valence-electron chi connectivity index (χ2n) is 15.7. The Morgan fingerprint density at radius 1 is 0.536 bits per heavy atom. The highest BCUT2D eigenvalue weighted by atomic mass is 31.2. The van der Waals surface area contributed by atoms with E-state index >= 15 is 0 Å². The summed E-state index contributed by atoms with van der Waals surface area (Å²) in [6.07, 6.45) is 46.4. The van der Waals surface area contributed by atoms with Crippen LogP contribution in [0.3, 0.4) is 0 Å². The van der Waals surface area contributed by atoms with Crippen LogP contribution >= 0.6 is 7.82 Å². The first-order valence-corrected chi connectivity index (χ1v) is 24.8. The predicted octanol–water partition coefficient (Wildman–Crippen LogP) is 13.6. The SMILES string of the molecule is CCCCCC/C=C/C=C/CCCCCCCC(=O)O[C@H](COC(=O)CCCCCCCCCCCCCCCCCCCCCC)COP(=O)(O)OCCN. The first-order valence-electron chi connectivity index (χ1n) is 23.3. The van der Waals surface area contributed by atoms with Gasteiger partial charge < -0.3 is 20.1 Å². The van der Waals surface area contributed by atoms with Crippen molar-refractivity contribution in [3.8, 4) is 0 Å². The Labute approximate surface area is 344 Å². The van der Waals surface area contributed by atoms with Crippen molar-refractivity contribution in [2.75, 3.05) is 26.4 Å². The van der Waals surface area contributed by atoms with Gasteiger partial charge in [-0.25, -0.2) is 4.57 Å². The number of rotatable bonds is 44. The van der Waals surface area contributed by atoms with Gasteiger partial charge in [-0.15, -0.1) is 0 Å². The van der Waals surface area contributed by atoms with E-state index < -0.39 is 26.5 Å². The van der Waals surface area contributed by atoms with E-state index in [1.54, 1.807) is 0 Å². The number of esters is 2. The maximum absolute atomic E-state index is 12.6. The molecule has 1 unspecified atom stereocenters. The Kier molecular flexibility index (Phi) is 41.9. The van der Waals surface area contributed by atoms with Gasteiger partial charge in [-0.3, -0.25) is 18.6 Å². The average molecular weight is 814 g/mol. The van der Waals surface area contributed by atoms with Crippen LogP contribution in [-0.2, 0) is 32.7 Å². The first kappa shape index (κ1) is 54.5. The summed E-state index contributed by atoms with van der Waals surface area (Å²) in [6.45, 7) is 3.73. The van der Waals surface area contributed by atoms with E-state index in [0.29, 0.717) is 6.42 Å². The Bertz CT molecular complexity index is 975. The van der Waals surface area contributed by atoms with Gasteiger partial charge in [-0.05, 0) is 38.5 Å². The fourth-order valence-corrected chi connectivity index (χ4v) is 7.39. The molecule has 0 saturated heterocycles. The van der Waals surface area contributed by atoms with Gasteiger partial charge in [0.2, 0.25) is 0 Å². The minimum atomic E-state index is -4.38. The number of ether oxygens (including phenoxy) is 2. The second kappa shape index (κ2) is 43.1. The molecule has 0 aromatic carbocycles. The highest BCUT2D eigenvalue weighted by Crippen LogP contribution is 2.43. The van der Waals surface area contributed by atoms with Crippen LogP contribution < -0.4 is 5.73 Å². The van der Waals surface area contributed by atoms with Crippen molar-refractivity contribution >= 4 is 19.8 Å². The van der Waals surface area contributed by atoms with Gasteiger partial charge in [0.15, 0.2) is 6.10 Å². The Hall–Kier alpha value is -1.51. The van der Waals surface area contributed by atoms with Crippen LogP contribution in [0.1, 0.15) is 226 Å². The van der Waals surface area contributed by atoms with E-state index in [2.05, 4.69) is 38.2 Å². The second-order valence-corrected chi connectivity index (χ2v) is 17.1. The third kappa shape index (κ3) is 42.1. The van der Waals surface area contributed by atoms with E-state index in [-0.39, 0.29) is 38.6 Å². The Morgan fingerprint density at radius 2 is 0.911 bits per heavy atom. The number of phosphoric ester groups is 1. The molecule has 2 atom stereocenters. The number of nitrogens with two attached hydrogens (primary N) is 1. The van der Waals surface area contributed by atoms with Gasteiger partial charge in [-0.2, -0.15) is 0 Å². The smallest absolute Gasteiger partial charge is 0.462 e. The summed E-state index contributed by atoms with van der Waals surface area (Å²) in [5.41, 5.74) is 5.35. The molecular weight excluding hydrogens is 725 g/mol. The summed E-state index contributed by atoms with van der Waals surface area (Å²) in [7, 11) is -4.38. The molecule has 0 heterocycles. The first-order chi connectivity index (χ1) is 27.3. The molecule has 0 aliphatic heterocycles. The van der Waals surface area contributed by atoms with Crippen LogP contribution in [0, 0.1) is 0 Å². The molecule has 0 saturated carbocycles. The summed E-state index contributed by atoms with van der Waals surface area (Å²) >= 11 is 0. The molecular formula is C46H88NO8P. The highest BCUT2D eigenvalue weighted by molar-refractivity contribution is 7.47. The van der Waals surface area contributed by atoms with Gasteiger partial charge >= 0.3 is 19.8 Å². The largest absolute Gasteiger partial charge is 0.472 e. The fourth-order valence-electron chi connectivity index (χ4n) is 6.63. The molecule has 0 radical (unpaired) electrons. The van der Waals surface area contributed by atoms with Crippen molar-refractivity contribution < 1.29 is 37.6 Å². The van der Waals surface area contributed by atoms with E-state index in [1.807, 2.05) is 0 Å². The molecule has 0 aromatic rings. The van der Waals surface area contributed by atoms with E-state index in [9.17, 15) is 19.0 Å². The molecule has 9 nitrogen and oxygen atoms in total. The van der Waals surface area contributed by atoms with Crippen molar-refractivity contribution in [2.24, 2.45) is 5.73 Å². The molecule has 0 aromatic heterocycles. The maximum Gasteiger partial charge on any atom is 0.472 e. The van der Waals surface area contributed by atoms with Crippen molar-refractivity contribution in [3.05, 3.63) is 24.3 Å². The molecule has 0 rings (SSSR count). The number of hydrogen-bond acceptors (Lipinski definition) is 8. The van der Waals surface area contributed by atoms with Crippen LogP contribution in [0.15, 0.2) is 24.3 Å². The number of carbonyl (C=O) groups excluding carboxylic acids is 2. The summed E-state index contributed by atoms with van der Waals surface area (Å²) in [5, 5.41) is 0. The molecule has 0 aliphatic rings. The minimum Gasteiger partial charge on any atom is -0.462 e. The summed E-state index contributed by atoms with van der Waals surface area (Å²) in [6, 6.07) is 0. The topological polar surface area (TPSA) is 134 Å². The summed E-state index contributed by atoms with van der Waals surface area (Å²) < 4.78 is 32.8. The van der Waals surface area contributed by atoms with Gasteiger partial charge in [0.1, 0.15) is 6.61 Å². The molecule has 10 heteroatoms. The fraction of sp³-hybridized carbons (Fsp3) is 0.870. The monoisotopic (exact) mass is 814 g/mol. The molecule has 3 N–H and O–H groups in total. The molecule has 330 valence electrons. The van der Waals surface area contributed by atoms with E-state index in [1.165, 1.54) is 135 Å². The molecule has 0 fully saturated rings. The number of phosphoric acid groups is 1. The lowest BCUT2D eigenvalue weighted by Crippen LogP contribution is -2.29.